The summed E-state index contributed by atoms with van der Waals surface area (Å²) >= 11 is 0. The third kappa shape index (κ3) is 25.0. The highest BCUT2D eigenvalue weighted by atomic mass is 16.6. The summed E-state index contributed by atoms with van der Waals surface area (Å²) in [6.07, 6.45) is 39.3. The molecular formula is C50H72O8. The van der Waals surface area contributed by atoms with Gasteiger partial charge in [0.1, 0.15) is 11.5 Å². The first-order chi connectivity index (χ1) is 28.2. The lowest BCUT2D eigenvalue weighted by Crippen LogP contribution is -2.18. The van der Waals surface area contributed by atoms with Gasteiger partial charge in [-0.1, -0.05) is 139 Å². The molecule has 320 valence electrons. The van der Waals surface area contributed by atoms with E-state index in [4.69, 9.17) is 4.74 Å². The molecule has 1 fully saturated rings. The van der Waals surface area contributed by atoms with Crippen molar-refractivity contribution in [2.24, 2.45) is 11.8 Å². The second-order valence-electron chi connectivity index (χ2n) is 15.5. The van der Waals surface area contributed by atoms with E-state index in [2.05, 4.69) is 49.0 Å². The summed E-state index contributed by atoms with van der Waals surface area (Å²) in [5.41, 5.74) is 2.42. The van der Waals surface area contributed by atoms with Gasteiger partial charge in [-0.15, -0.1) is 0 Å². The van der Waals surface area contributed by atoms with E-state index in [-0.39, 0.29) is 30.2 Å². The SMILES string of the molecule is CCCCCC/C=C/CCCCCCCc1cccc(O)c1.CCCCCCC=CC(CCCCCCc1cccc(O)c1)C1CC(=O)OC1=O.O=C1C=CC(=O)O1. The molecule has 58 heavy (non-hydrogen) atoms. The van der Waals surface area contributed by atoms with Crippen LogP contribution in [-0.2, 0) is 41.5 Å². The monoisotopic (exact) mass is 801 g/mol. The Labute approximate surface area is 349 Å². The van der Waals surface area contributed by atoms with Crippen molar-refractivity contribution in [3.8, 4) is 11.5 Å². The predicted octanol–water partition coefficient (Wildman–Crippen LogP) is 12.5. The first kappa shape index (κ1) is 49.7. The number of cyclic esters (lactones) is 4. The van der Waals surface area contributed by atoms with Crippen molar-refractivity contribution in [2.45, 2.75) is 168 Å². The number of hydrogen-bond acceptors (Lipinski definition) is 8. The van der Waals surface area contributed by atoms with Crippen LogP contribution in [0.4, 0.5) is 0 Å². The maximum Gasteiger partial charge on any atom is 0.338 e. The number of hydrogen-bond donors (Lipinski definition) is 2. The van der Waals surface area contributed by atoms with Gasteiger partial charge in [0.05, 0.1) is 12.3 Å². The molecule has 0 amide bonds. The fraction of sp³-hybridized carbons (Fsp3) is 0.560. The minimum atomic E-state index is -0.579. The van der Waals surface area contributed by atoms with Crippen molar-refractivity contribution in [2.75, 3.05) is 0 Å². The lowest BCUT2D eigenvalue weighted by atomic mass is 9.85. The van der Waals surface area contributed by atoms with Crippen molar-refractivity contribution < 1.29 is 38.9 Å². The molecule has 0 bridgehead atoms. The van der Waals surface area contributed by atoms with Crippen molar-refractivity contribution in [1.82, 2.24) is 0 Å². The number of allylic oxidation sites excluding steroid dienone is 4. The molecule has 2 unspecified atom stereocenters. The van der Waals surface area contributed by atoms with Gasteiger partial charge < -0.3 is 19.7 Å². The Kier molecular flexibility index (Phi) is 27.8. The van der Waals surface area contributed by atoms with Gasteiger partial charge in [-0.2, -0.15) is 0 Å². The van der Waals surface area contributed by atoms with Gasteiger partial charge in [-0.05, 0) is 112 Å². The number of benzene rings is 2. The van der Waals surface area contributed by atoms with Crippen LogP contribution in [0.3, 0.4) is 0 Å². The van der Waals surface area contributed by atoms with Crippen LogP contribution in [0.15, 0.2) is 85.0 Å². The highest BCUT2D eigenvalue weighted by molar-refractivity contribution is 6.04. The number of unbranched alkanes of at least 4 members (excludes halogenated alkanes) is 16. The number of rotatable bonds is 27. The third-order valence-electron chi connectivity index (χ3n) is 10.4. The molecule has 1 saturated heterocycles. The number of ether oxygens (including phenoxy) is 2. The first-order valence-electron chi connectivity index (χ1n) is 22.3. The summed E-state index contributed by atoms with van der Waals surface area (Å²) in [7, 11) is 0. The summed E-state index contributed by atoms with van der Waals surface area (Å²) in [4.78, 5) is 43.4. The molecule has 0 aliphatic carbocycles. The highest BCUT2D eigenvalue weighted by Gasteiger charge is 2.37. The van der Waals surface area contributed by atoms with Gasteiger partial charge in [0.25, 0.3) is 0 Å². The molecule has 2 aromatic rings. The van der Waals surface area contributed by atoms with E-state index in [1.54, 1.807) is 12.1 Å². The zero-order valence-corrected chi connectivity index (χ0v) is 35.6. The summed E-state index contributed by atoms with van der Waals surface area (Å²) in [5, 5.41) is 18.9. The topological polar surface area (TPSA) is 127 Å². The smallest absolute Gasteiger partial charge is 0.338 e. The molecule has 8 heteroatoms. The Morgan fingerprint density at radius 1 is 0.586 bits per heavy atom. The lowest BCUT2D eigenvalue weighted by Gasteiger charge is -2.16. The first-order valence-corrected chi connectivity index (χ1v) is 22.3. The fourth-order valence-electron chi connectivity index (χ4n) is 7.05. The minimum Gasteiger partial charge on any atom is -0.508 e. The van der Waals surface area contributed by atoms with E-state index in [0.29, 0.717) is 11.5 Å². The highest BCUT2D eigenvalue weighted by Crippen LogP contribution is 2.30. The van der Waals surface area contributed by atoms with E-state index in [9.17, 15) is 29.4 Å². The molecule has 2 aliphatic heterocycles. The van der Waals surface area contributed by atoms with Crippen LogP contribution >= 0.6 is 0 Å². The summed E-state index contributed by atoms with van der Waals surface area (Å²) in [5.74, 6) is -1.38. The molecule has 2 aliphatic rings. The Morgan fingerprint density at radius 2 is 1.05 bits per heavy atom. The quantitative estimate of drug-likeness (QED) is 0.0396. The maximum absolute atomic E-state index is 12.0. The van der Waals surface area contributed by atoms with Gasteiger partial charge in [0, 0.05) is 12.2 Å². The van der Waals surface area contributed by atoms with Gasteiger partial charge in [0.15, 0.2) is 0 Å². The van der Waals surface area contributed by atoms with Crippen LogP contribution in [0, 0.1) is 11.8 Å². The van der Waals surface area contributed by atoms with E-state index < -0.39 is 11.9 Å². The van der Waals surface area contributed by atoms with Crippen LogP contribution in [0.2, 0.25) is 0 Å². The van der Waals surface area contributed by atoms with Crippen LogP contribution in [-0.4, -0.2) is 34.1 Å². The average molecular weight is 801 g/mol. The molecule has 0 radical (unpaired) electrons. The van der Waals surface area contributed by atoms with E-state index >= 15 is 0 Å². The lowest BCUT2D eigenvalue weighted by molar-refractivity contribution is -0.154. The number of phenolic OH excluding ortho intramolecular Hbond substituents is 2. The Balaban J connectivity index is 0.000000351. The predicted molar refractivity (Wildman–Crippen MR) is 233 cm³/mol. The standard InChI is InChI=1S/C25H36O4.C21H34O.C4H2O3/c1-2-3-4-5-6-10-15-21(23-19-24(27)29-25(23)28)16-11-8-7-9-13-20-14-12-17-22(26)18-20;1-2-3-4-5-6-7-8-9-10-11-12-13-14-16-20-17-15-18-21(22)19-20;5-3-1-2-4(6)7-3/h10,12,14-15,17-18,21,23,26H,2-9,11,13,16,19H2,1H3;7-8,15,17-19,22H,2-6,9-14,16H2,1H3;1-2H/b;8-7+;. The van der Waals surface area contributed by atoms with E-state index in [1.165, 1.54) is 107 Å². The summed E-state index contributed by atoms with van der Waals surface area (Å²) < 4.78 is 8.76. The molecule has 0 saturated carbocycles. The van der Waals surface area contributed by atoms with Crippen LogP contribution in [0.1, 0.15) is 166 Å². The molecule has 2 atom stereocenters. The molecule has 2 aromatic carbocycles. The molecule has 2 heterocycles. The molecular weight excluding hydrogens is 729 g/mol. The van der Waals surface area contributed by atoms with E-state index in [0.717, 1.165) is 63.5 Å². The second kappa shape index (κ2) is 32.5. The second-order valence-corrected chi connectivity index (χ2v) is 15.5. The van der Waals surface area contributed by atoms with Crippen LogP contribution < -0.4 is 0 Å². The number of phenols is 2. The van der Waals surface area contributed by atoms with Crippen molar-refractivity contribution in [1.29, 1.82) is 0 Å². The molecule has 8 nitrogen and oxygen atoms in total. The maximum atomic E-state index is 12.0. The number of aryl methyl sites for hydroxylation is 2. The minimum absolute atomic E-state index is 0.103. The van der Waals surface area contributed by atoms with Crippen molar-refractivity contribution in [3.05, 3.63) is 96.1 Å². The fourth-order valence-corrected chi connectivity index (χ4v) is 7.05. The molecule has 0 spiro atoms. The summed E-state index contributed by atoms with van der Waals surface area (Å²) in [6, 6.07) is 15.1. The van der Waals surface area contributed by atoms with E-state index in [1.807, 2.05) is 30.3 Å². The zero-order valence-electron chi connectivity index (χ0n) is 35.6. The van der Waals surface area contributed by atoms with Gasteiger partial charge in [-0.25, -0.2) is 9.59 Å². The van der Waals surface area contributed by atoms with Crippen LogP contribution in [0.5, 0.6) is 11.5 Å². The van der Waals surface area contributed by atoms with Crippen LogP contribution in [0.25, 0.3) is 0 Å². The zero-order chi connectivity index (χ0) is 42.1. The average Bonchev–Trinajstić information content (AvgIpc) is 3.76. The Morgan fingerprint density at radius 3 is 1.50 bits per heavy atom. The third-order valence-corrected chi connectivity index (χ3v) is 10.4. The molecule has 0 aromatic heterocycles. The van der Waals surface area contributed by atoms with Crippen molar-refractivity contribution >= 4 is 23.9 Å². The molecule has 4 rings (SSSR count). The Bertz CT molecular complexity index is 1520. The van der Waals surface area contributed by atoms with Gasteiger partial charge in [0.2, 0.25) is 0 Å². The van der Waals surface area contributed by atoms with Gasteiger partial charge in [-0.3, -0.25) is 9.59 Å². The normalized spacial score (nSPS) is 15.3. The largest absolute Gasteiger partial charge is 0.508 e. The number of esters is 4. The van der Waals surface area contributed by atoms with Gasteiger partial charge >= 0.3 is 23.9 Å². The Hall–Kier alpha value is -4.46. The number of carbonyl (C=O) groups is 4. The molecule has 2 N–H and O–H groups in total. The van der Waals surface area contributed by atoms with Crippen molar-refractivity contribution in [3.63, 3.8) is 0 Å². The number of carbonyl (C=O) groups excluding carboxylic acids is 4. The number of aromatic hydroxyl groups is 2. The summed E-state index contributed by atoms with van der Waals surface area (Å²) in [6.45, 7) is 4.47.